The lowest BCUT2D eigenvalue weighted by molar-refractivity contribution is 0.866. The predicted molar refractivity (Wildman–Crippen MR) is 84.6 cm³/mol. The molecule has 0 radical (unpaired) electrons. The lowest BCUT2D eigenvalue weighted by Crippen LogP contribution is -2.21. The summed E-state index contributed by atoms with van der Waals surface area (Å²) in [5.74, 6) is 0. The number of nitrogens with zero attached hydrogens (tertiary/aromatic N) is 2. The number of nitrogens with one attached hydrogen (secondary N) is 1. The third-order valence-corrected chi connectivity index (χ3v) is 3.59. The molecule has 0 spiro atoms. The normalized spacial score (nSPS) is 11.0. The molecule has 0 aliphatic rings. The van der Waals surface area contributed by atoms with E-state index in [4.69, 9.17) is 0 Å². The van der Waals surface area contributed by atoms with E-state index in [0.29, 0.717) is 17.6 Å². The second-order valence-corrected chi connectivity index (χ2v) is 5.21. The van der Waals surface area contributed by atoms with Gasteiger partial charge >= 0.3 is 0 Å². The maximum absolute atomic E-state index is 12.5. The van der Waals surface area contributed by atoms with E-state index in [-0.39, 0.29) is 5.56 Å². The van der Waals surface area contributed by atoms with Gasteiger partial charge < -0.3 is 0 Å². The van der Waals surface area contributed by atoms with Gasteiger partial charge in [0.1, 0.15) is 0 Å². The first-order valence-electron chi connectivity index (χ1n) is 6.89. The fourth-order valence-electron chi connectivity index (χ4n) is 2.51. The summed E-state index contributed by atoms with van der Waals surface area (Å²) in [6.07, 6.45) is 2.25. The first kappa shape index (κ1) is 13.4. The SMILES string of the molecule is C=CCc1c(C)nc2cc(-c3cccc(C)c3)[nH]n2c1=O. The van der Waals surface area contributed by atoms with Crippen LogP contribution in [0, 0.1) is 13.8 Å². The molecule has 1 N–H and O–H groups in total. The lowest BCUT2D eigenvalue weighted by Gasteiger charge is -2.02. The van der Waals surface area contributed by atoms with Gasteiger partial charge in [-0.3, -0.25) is 9.89 Å². The molecule has 0 fully saturated rings. The minimum absolute atomic E-state index is 0.0590. The summed E-state index contributed by atoms with van der Waals surface area (Å²) in [6.45, 7) is 7.60. The molecule has 0 unspecified atom stereocenters. The van der Waals surface area contributed by atoms with E-state index < -0.39 is 0 Å². The van der Waals surface area contributed by atoms with Crippen molar-refractivity contribution in [2.75, 3.05) is 0 Å². The van der Waals surface area contributed by atoms with Crippen LogP contribution in [0.5, 0.6) is 0 Å². The third-order valence-electron chi connectivity index (χ3n) is 3.59. The fourth-order valence-corrected chi connectivity index (χ4v) is 2.51. The molecule has 1 aromatic carbocycles. The van der Waals surface area contributed by atoms with Gasteiger partial charge in [-0.05, 0) is 31.9 Å². The Bertz CT molecular complexity index is 887. The highest BCUT2D eigenvalue weighted by molar-refractivity contribution is 5.64. The Morgan fingerprint density at radius 2 is 2.14 bits per heavy atom. The van der Waals surface area contributed by atoms with Crippen LogP contribution in [-0.4, -0.2) is 14.6 Å². The maximum atomic E-state index is 12.5. The van der Waals surface area contributed by atoms with Crippen LogP contribution in [0.2, 0.25) is 0 Å². The monoisotopic (exact) mass is 279 g/mol. The van der Waals surface area contributed by atoms with Crippen LogP contribution in [0.25, 0.3) is 16.9 Å². The highest BCUT2D eigenvalue weighted by Gasteiger charge is 2.11. The molecule has 3 rings (SSSR count). The number of allylic oxidation sites excluding steroid dienone is 1. The second kappa shape index (κ2) is 5.05. The lowest BCUT2D eigenvalue weighted by atomic mass is 10.1. The zero-order valence-electron chi connectivity index (χ0n) is 12.2. The Morgan fingerprint density at radius 1 is 1.33 bits per heavy atom. The topological polar surface area (TPSA) is 50.2 Å². The molecule has 0 aliphatic carbocycles. The molecule has 0 saturated carbocycles. The van der Waals surface area contributed by atoms with E-state index in [9.17, 15) is 4.79 Å². The van der Waals surface area contributed by atoms with Crippen LogP contribution in [0.15, 0.2) is 47.8 Å². The summed E-state index contributed by atoms with van der Waals surface area (Å²) in [7, 11) is 0. The summed E-state index contributed by atoms with van der Waals surface area (Å²) in [6, 6.07) is 10.0. The van der Waals surface area contributed by atoms with Crippen molar-refractivity contribution in [1.29, 1.82) is 0 Å². The van der Waals surface area contributed by atoms with Gasteiger partial charge in [0.15, 0.2) is 5.65 Å². The van der Waals surface area contributed by atoms with Gasteiger partial charge in [0.05, 0.1) is 5.69 Å². The minimum atomic E-state index is -0.0590. The summed E-state index contributed by atoms with van der Waals surface area (Å²) in [5, 5.41) is 3.14. The zero-order valence-corrected chi connectivity index (χ0v) is 12.2. The van der Waals surface area contributed by atoms with Gasteiger partial charge in [-0.25, -0.2) is 9.50 Å². The summed E-state index contributed by atoms with van der Waals surface area (Å²) in [5.41, 5.74) is 5.13. The third kappa shape index (κ3) is 2.29. The fraction of sp³-hybridized carbons (Fsp3) is 0.176. The number of hydrogen-bond donors (Lipinski definition) is 1. The van der Waals surface area contributed by atoms with E-state index in [0.717, 1.165) is 17.0 Å². The molecule has 3 aromatic rings. The van der Waals surface area contributed by atoms with Gasteiger partial charge in [0.2, 0.25) is 0 Å². The van der Waals surface area contributed by atoms with Gasteiger partial charge in [-0.1, -0.05) is 29.8 Å². The molecule has 2 heterocycles. The number of hydrogen-bond acceptors (Lipinski definition) is 2. The highest BCUT2D eigenvalue weighted by atomic mass is 16.1. The molecule has 0 saturated heterocycles. The Kier molecular flexibility index (Phi) is 3.22. The van der Waals surface area contributed by atoms with Crippen molar-refractivity contribution >= 4 is 5.65 Å². The predicted octanol–water partition coefficient (Wildman–Crippen LogP) is 3.03. The number of aromatic amines is 1. The largest absolute Gasteiger partial charge is 0.289 e. The maximum Gasteiger partial charge on any atom is 0.276 e. The van der Waals surface area contributed by atoms with Crippen LogP contribution in [0.3, 0.4) is 0 Å². The van der Waals surface area contributed by atoms with Crippen LogP contribution in [0.4, 0.5) is 0 Å². The number of benzene rings is 1. The van der Waals surface area contributed by atoms with Gasteiger partial charge in [0.25, 0.3) is 5.56 Å². The van der Waals surface area contributed by atoms with Crippen LogP contribution >= 0.6 is 0 Å². The Hall–Kier alpha value is -2.62. The van der Waals surface area contributed by atoms with Crippen molar-refractivity contribution in [1.82, 2.24) is 14.6 Å². The van der Waals surface area contributed by atoms with Crippen molar-refractivity contribution in [3.63, 3.8) is 0 Å². The van der Waals surface area contributed by atoms with Crippen LogP contribution < -0.4 is 5.56 Å². The molecule has 0 atom stereocenters. The van der Waals surface area contributed by atoms with E-state index >= 15 is 0 Å². The Morgan fingerprint density at radius 3 is 2.86 bits per heavy atom. The Balaban J connectivity index is 2.23. The molecule has 4 heteroatoms. The average Bonchev–Trinajstić information content (AvgIpc) is 2.87. The van der Waals surface area contributed by atoms with Crippen LogP contribution in [-0.2, 0) is 6.42 Å². The number of aryl methyl sites for hydroxylation is 2. The standard InChI is InChI=1S/C17H17N3O/c1-4-6-14-12(3)18-16-10-15(19-20(16)17(14)21)13-8-5-7-11(2)9-13/h4-5,7-10,19H,1,6H2,2-3H3. The molecule has 21 heavy (non-hydrogen) atoms. The second-order valence-electron chi connectivity index (χ2n) is 5.21. The van der Waals surface area contributed by atoms with E-state index in [2.05, 4.69) is 22.7 Å². The quantitative estimate of drug-likeness (QED) is 0.749. The van der Waals surface area contributed by atoms with Crippen molar-refractivity contribution in [3.05, 3.63) is 70.2 Å². The number of fused-ring (bicyclic) bond motifs is 1. The minimum Gasteiger partial charge on any atom is -0.289 e. The van der Waals surface area contributed by atoms with E-state index in [1.807, 2.05) is 38.1 Å². The van der Waals surface area contributed by atoms with Crippen molar-refractivity contribution in [2.45, 2.75) is 20.3 Å². The number of aromatic nitrogens is 3. The smallest absolute Gasteiger partial charge is 0.276 e. The van der Waals surface area contributed by atoms with E-state index in [1.165, 1.54) is 10.1 Å². The molecule has 2 aromatic heterocycles. The van der Waals surface area contributed by atoms with Gasteiger partial charge in [-0.2, -0.15) is 0 Å². The molecule has 4 nitrogen and oxygen atoms in total. The first-order valence-corrected chi connectivity index (χ1v) is 6.89. The summed E-state index contributed by atoms with van der Waals surface area (Å²) < 4.78 is 1.50. The average molecular weight is 279 g/mol. The number of H-pyrrole nitrogens is 1. The van der Waals surface area contributed by atoms with Crippen molar-refractivity contribution < 1.29 is 0 Å². The number of rotatable bonds is 3. The zero-order chi connectivity index (χ0) is 15.0. The molecule has 0 aliphatic heterocycles. The first-order chi connectivity index (χ1) is 10.1. The Labute approximate surface area is 122 Å². The highest BCUT2D eigenvalue weighted by Crippen LogP contribution is 2.19. The van der Waals surface area contributed by atoms with Gasteiger partial charge in [-0.15, -0.1) is 6.58 Å². The molecule has 106 valence electrons. The van der Waals surface area contributed by atoms with Crippen molar-refractivity contribution in [2.24, 2.45) is 0 Å². The summed E-state index contributed by atoms with van der Waals surface area (Å²) in [4.78, 5) is 17.0. The van der Waals surface area contributed by atoms with E-state index in [1.54, 1.807) is 6.08 Å². The van der Waals surface area contributed by atoms with Crippen LogP contribution in [0.1, 0.15) is 16.8 Å². The summed E-state index contributed by atoms with van der Waals surface area (Å²) >= 11 is 0. The molecule has 0 bridgehead atoms. The molecular weight excluding hydrogens is 262 g/mol. The molecule has 0 amide bonds. The van der Waals surface area contributed by atoms with Crippen molar-refractivity contribution in [3.8, 4) is 11.3 Å². The molecular formula is C17H17N3O. The van der Waals surface area contributed by atoms with Gasteiger partial charge in [0, 0.05) is 17.3 Å².